The van der Waals surface area contributed by atoms with Crippen molar-refractivity contribution < 1.29 is 24.1 Å². The summed E-state index contributed by atoms with van der Waals surface area (Å²) in [5.41, 5.74) is 6.27. The molecular formula is C17H26O5Si. The smallest absolute Gasteiger partial charge is 0.329 e. The van der Waals surface area contributed by atoms with Crippen molar-refractivity contribution in [1.82, 2.24) is 0 Å². The Labute approximate surface area is 139 Å². The van der Waals surface area contributed by atoms with Crippen LogP contribution in [-0.4, -0.2) is 50.4 Å². The minimum absolute atomic E-state index is 0.188. The minimum atomic E-state index is -1.35. The number of carboxylic acids is 1. The van der Waals surface area contributed by atoms with Crippen LogP contribution in [0.1, 0.15) is 20.3 Å². The third-order valence-electron chi connectivity index (χ3n) is 2.86. The molecule has 1 saturated heterocycles. The number of rotatable bonds is 6. The molecule has 0 unspecified atom stereocenters. The first-order chi connectivity index (χ1) is 10.6. The van der Waals surface area contributed by atoms with Crippen molar-refractivity contribution in [3.63, 3.8) is 0 Å². The van der Waals surface area contributed by atoms with Gasteiger partial charge in [-0.2, -0.15) is 0 Å². The number of carboxylic acid groups (broad SMARTS) is 1. The average molecular weight is 338 g/mol. The number of aliphatic carboxylic acids is 1. The Hall–Kier alpha value is -1.35. The molecule has 5 nitrogen and oxygen atoms in total. The van der Waals surface area contributed by atoms with Crippen LogP contribution in [-0.2, 0) is 19.0 Å². The number of hydrogen-bond donors (Lipinski definition) is 1. The lowest BCUT2D eigenvalue weighted by Crippen LogP contribution is -2.28. The zero-order valence-corrected chi connectivity index (χ0v) is 15.5. The van der Waals surface area contributed by atoms with E-state index >= 15 is 0 Å². The number of ether oxygens (including phenoxy) is 3. The molecule has 0 saturated carbocycles. The molecule has 1 aliphatic heterocycles. The van der Waals surface area contributed by atoms with E-state index < -0.39 is 19.8 Å². The van der Waals surface area contributed by atoms with Crippen LogP contribution in [0.15, 0.2) is 17.9 Å². The number of hydrogen-bond acceptors (Lipinski definition) is 4. The minimum Gasteiger partial charge on any atom is -0.480 e. The van der Waals surface area contributed by atoms with E-state index in [4.69, 9.17) is 19.3 Å². The van der Waals surface area contributed by atoms with Gasteiger partial charge in [-0.1, -0.05) is 25.6 Å². The van der Waals surface area contributed by atoms with Crippen molar-refractivity contribution in [1.29, 1.82) is 0 Å². The molecule has 0 radical (unpaired) electrons. The maximum atomic E-state index is 10.5. The monoisotopic (exact) mass is 338 g/mol. The molecular weight excluding hydrogens is 312 g/mol. The SMILES string of the molecule is CC1(C)O[C@@H](COCC(=O)O)[C@@H](CC=C=CC#C[Si](C)(C)C)O1. The quantitative estimate of drug-likeness (QED) is 0.458. The van der Waals surface area contributed by atoms with Crippen LogP contribution in [0.2, 0.25) is 19.6 Å². The van der Waals surface area contributed by atoms with Crippen LogP contribution in [0.25, 0.3) is 0 Å². The highest BCUT2D eigenvalue weighted by atomic mass is 28.3. The van der Waals surface area contributed by atoms with Gasteiger partial charge in [0.15, 0.2) is 5.79 Å². The molecule has 128 valence electrons. The predicted octanol–water partition coefficient (Wildman–Crippen LogP) is 2.59. The van der Waals surface area contributed by atoms with Gasteiger partial charge in [0.2, 0.25) is 0 Å². The standard InChI is InChI=1S/C17H26O5Si/c1-17(2)21-14(15(22-17)12-20-13-16(18)19)10-8-6-7-9-11-23(3,4)5/h7-8,14-15H,10,12-13H2,1-5H3,(H,18,19)/t6?,14-,15+/m1/s1. The topological polar surface area (TPSA) is 65.0 Å². The number of carbonyl (C=O) groups is 1. The Morgan fingerprint density at radius 3 is 2.57 bits per heavy atom. The first-order valence-corrected chi connectivity index (χ1v) is 11.2. The third kappa shape index (κ3) is 8.75. The fourth-order valence-corrected chi connectivity index (χ4v) is 2.55. The maximum Gasteiger partial charge on any atom is 0.329 e. The van der Waals surface area contributed by atoms with Crippen molar-refractivity contribution in [2.75, 3.05) is 13.2 Å². The molecule has 0 aromatic rings. The molecule has 23 heavy (non-hydrogen) atoms. The lowest BCUT2D eigenvalue weighted by molar-refractivity contribution is -0.154. The maximum absolute atomic E-state index is 10.5. The first kappa shape index (κ1) is 19.7. The van der Waals surface area contributed by atoms with Crippen molar-refractivity contribution in [2.45, 2.75) is 57.9 Å². The highest BCUT2D eigenvalue weighted by molar-refractivity contribution is 6.83. The van der Waals surface area contributed by atoms with E-state index in [0.29, 0.717) is 6.42 Å². The van der Waals surface area contributed by atoms with Crippen LogP contribution >= 0.6 is 0 Å². The molecule has 1 fully saturated rings. The zero-order chi connectivity index (χ0) is 17.5. The van der Waals surface area contributed by atoms with E-state index in [-0.39, 0.29) is 25.4 Å². The Morgan fingerprint density at radius 2 is 1.96 bits per heavy atom. The molecule has 1 heterocycles. The van der Waals surface area contributed by atoms with E-state index in [9.17, 15) is 4.79 Å². The first-order valence-electron chi connectivity index (χ1n) is 7.66. The van der Waals surface area contributed by atoms with Gasteiger partial charge in [-0.05, 0) is 19.9 Å². The highest BCUT2D eigenvalue weighted by Gasteiger charge is 2.40. The summed E-state index contributed by atoms with van der Waals surface area (Å²) < 4.78 is 16.7. The predicted molar refractivity (Wildman–Crippen MR) is 90.7 cm³/mol. The molecule has 0 spiro atoms. The fraction of sp³-hybridized carbons (Fsp3) is 0.647. The Bertz CT molecular complexity index is 529. The van der Waals surface area contributed by atoms with Crippen molar-refractivity contribution in [3.8, 4) is 11.5 Å². The fourth-order valence-electron chi connectivity index (χ4n) is 2.05. The molecule has 0 amide bonds. The van der Waals surface area contributed by atoms with Gasteiger partial charge in [-0.25, -0.2) is 4.79 Å². The van der Waals surface area contributed by atoms with Gasteiger partial charge in [-0.3, -0.25) is 0 Å². The van der Waals surface area contributed by atoms with Crippen LogP contribution in [0.5, 0.6) is 0 Å². The van der Waals surface area contributed by atoms with Gasteiger partial charge >= 0.3 is 5.97 Å². The normalized spacial score (nSPS) is 22.7. The van der Waals surface area contributed by atoms with Crippen LogP contribution in [0.4, 0.5) is 0 Å². The summed E-state index contributed by atoms with van der Waals surface area (Å²) >= 11 is 0. The molecule has 2 atom stereocenters. The lowest BCUT2D eigenvalue weighted by Gasteiger charge is -2.16. The molecule has 1 rings (SSSR count). The second kappa shape index (κ2) is 8.49. The summed E-state index contributed by atoms with van der Waals surface area (Å²) in [5.74, 6) is 1.31. The van der Waals surface area contributed by atoms with Gasteiger partial charge in [-0.15, -0.1) is 11.3 Å². The van der Waals surface area contributed by atoms with E-state index in [0.717, 1.165) is 0 Å². The summed E-state index contributed by atoms with van der Waals surface area (Å²) in [6.07, 6.45) is 3.70. The Balaban J connectivity index is 2.55. The second-order valence-electron chi connectivity index (χ2n) is 6.89. The summed E-state index contributed by atoms with van der Waals surface area (Å²) in [6, 6.07) is 0. The molecule has 1 aliphatic rings. The second-order valence-corrected chi connectivity index (χ2v) is 11.6. The largest absolute Gasteiger partial charge is 0.480 e. The molecule has 0 aliphatic carbocycles. The Morgan fingerprint density at radius 1 is 1.30 bits per heavy atom. The van der Waals surface area contributed by atoms with Gasteiger partial charge in [0.05, 0.1) is 12.7 Å². The van der Waals surface area contributed by atoms with E-state index in [1.54, 1.807) is 6.08 Å². The molecule has 1 N–H and O–H groups in total. The average Bonchev–Trinajstić information content (AvgIpc) is 2.66. The molecule has 0 aromatic carbocycles. The van der Waals surface area contributed by atoms with E-state index in [1.165, 1.54) is 0 Å². The summed E-state index contributed by atoms with van der Waals surface area (Å²) in [4.78, 5) is 10.5. The van der Waals surface area contributed by atoms with E-state index in [1.807, 2.05) is 19.9 Å². The summed E-state index contributed by atoms with van der Waals surface area (Å²) in [6.45, 7) is 10.1. The van der Waals surface area contributed by atoms with Crippen LogP contribution in [0, 0.1) is 11.5 Å². The highest BCUT2D eigenvalue weighted by Crippen LogP contribution is 2.30. The van der Waals surface area contributed by atoms with Crippen LogP contribution in [0.3, 0.4) is 0 Å². The Kier molecular flexibility index (Phi) is 7.27. The van der Waals surface area contributed by atoms with Crippen molar-refractivity contribution >= 4 is 14.0 Å². The third-order valence-corrected chi connectivity index (χ3v) is 3.76. The van der Waals surface area contributed by atoms with Gasteiger partial charge in [0, 0.05) is 12.5 Å². The van der Waals surface area contributed by atoms with Gasteiger partial charge in [0.25, 0.3) is 0 Å². The van der Waals surface area contributed by atoms with E-state index in [2.05, 4.69) is 36.8 Å². The van der Waals surface area contributed by atoms with Crippen LogP contribution < -0.4 is 0 Å². The zero-order valence-electron chi connectivity index (χ0n) is 14.5. The van der Waals surface area contributed by atoms with Crippen molar-refractivity contribution in [3.05, 3.63) is 17.9 Å². The van der Waals surface area contributed by atoms with Gasteiger partial charge < -0.3 is 19.3 Å². The lowest BCUT2D eigenvalue weighted by atomic mass is 10.1. The summed E-state index contributed by atoms with van der Waals surface area (Å²) in [5, 5.41) is 8.61. The summed E-state index contributed by atoms with van der Waals surface area (Å²) in [7, 11) is -1.35. The molecule has 0 aromatic heterocycles. The molecule has 0 bridgehead atoms. The molecule has 6 heteroatoms. The van der Waals surface area contributed by atoms with Crippen molar-refractivity contribution in [2.24, 2.45) is 0 Å². The van der Waals surface area contributed by atoms with Gasteiger partial charge in [0.1, 0.15) is 20.8 Å².